The second kappa shape index (κ2) is 10.3. The quantitative estimate of drug-likeness (QED) is 0.486. The zero-order chi connectivity index (χ0) is 21.5. The van der Waals surface area contributed by atoms with Gasteiger partial charge in [0.15, 0.2) is 11.0 Å². The third kappa shape index (κ3) is 5.64. The van der Waals surface area contributed by atoms with Crippen LogP contribution in [-0.4, -0.2) is 33.5 Å². The molecule has 0 aliphatic carbocycles. The smallest absolute Gasteiger partial charge is 0.234 e. The number of carbonyl (C=O) groups is 1. The molecule has 30 heavy (non-hydrogen) atoms. The van der Waals surface area contributed by atoms with Crippen molar-refractivity contribution in [2.24, 2.45) is 0 Å². The summed E-state index contributed by atoms with van der Waals surface area (Å²) in [5.41, 5.74) is 0.686. The topological polar surface area (TPSA) is 78.3 Å². The van der Waals surface area contributed by atoms with Gasteiger partial charge in [0.25, 0.3) is 0 Å². The third-order valence-electron chi connectivity index (χ3n) is 4.07. The number of rotatable bonds is 9. The zero-order valence-corrected chi connectivity index (χ0v) is 18.0. The minimum atomic E-state index is -0.507. The van der Waals surface area contributed by atoms with E-state index in [1.54, 1.807) is 31.4 Å². The van der Waals surface area contributed by atoms with Gasteiger partial charge in [-0.3, -0.25) is 4.79 Å². The van der Waals surface area contributed by atoms with Crippen molar-refractivity contribution in [2.75, 3.05) is 18.2 Å². The van der Waals surface area contributed by atoms with E-state index < -0.39 is 5.82 Å². The first kappa shape index (κ1) is 21.9. The summed E-state index contributed by atoms with van der Waals surface area (Å²) >= 11 is 7.05. The maximum Gasteiger partial charge on any atom is 0.234 e. The lowest BCUT2D eigenvalue weighted by molar-refractivity contribution is -0.113. The molecule has 0 atom stereocenters. The molecule has 0 fully saturated rings. The first-order chi connectivity index (χ1) is 14.5. The third-order valence-corrected chi connectivity index (χ3v) is 5.33. The number of hydrogen-bond acceptors (Lipinski definition) is 6. The number of carbonyl (C=O) groups excluding carboxylic acids is 1. The Morgan fingerprint density at radius 2 is 1.93 bits per heavy atom. The molecule has 3 rings (SSSR count). The fourth-order valence-corrected chi connectivity index (χ4v) is 3.56. The fraction of sp³-hybridized carbons (Fsp3) is 0.250. The molecule has 2 aromatic carbocycles. The number of nitrogens with zero attached hydrogens (tertiary/aromatic N) is 3. The molecule has 3 aromatic rings. The predicted octanol–water partition coefficient (Wildman–Crippen LogP) is 4.41. The summed E-state index contributed by atoms with van der Waals surface area (Å²) in [6, 6.07) is 11.2. The van der Waals surface area contributed by atoms with Crippen molar-refractivity contribution < 1.29 is 18.7 Å². The van der Waals surface area contributed by atoms with Crippen molar-refractivity contribution in [3.8, 4) is 11.5 Å². The Kier molecular flexibility index (Phi) is 7.53. The molecular formula is C20H20ClFN4O3S. The number of hydrogen-bond donors (Lipinski definition) is 1. The van der Waals surface area contributed by atoms with Crippen LogP contribution in [0.1, 0.15) is 12.7 Å². The summed E-state index contributed by atoms with van der Waals surface area (Å²) in [4.78, 5) is 12.2. The van der Waals surface area contributed by atoms with Gasteiger partial charge in [0.1, 0.15) is 23.9 Å². The van der Waals surface area contributed by atoms with E-state index in [4.69, 9.17) is 21.1 Å². The van der Waals surface area contributed by atoms with Crippen molar-refractivity contribution in [3.63, 3.8) is 0 Å². The Balaban J connectivity index is 1.56. The van der Waals surface area contributed by atoms with E-state index in [0.717, 1.165) is 5.75 Å². The van der Waals surface area contributed by atoms with E-state index in [2.05, 4.69) is 15.5 Å². The number of aromatic nitrogens is 3. The minimum absolute atomic E-state index is 0.0106. The van der Waals surface area contributed by atoms with Crippen molar-refractivity contribution in [3.05, 3.63) is 59.1 Å². The van der Waals surface area contributed by atoms with Gasteiger partial charge in [0, 0.05) is 18.3 Å². The van der Waals surface area contributed by atoms with Gasteiger partial charge in [0.05, 0.1) is 17.9 Å². The van der Waals surface area contributed by atoms with Gasteiger partial charge in [-0.05, 0) is 43.3 Å². The molecule has 1 N–H and O–H groups in total. The summed E-state index contributed by atoms with van der Waals surface area (Å²) in [7, 11) is 1.59. The number of anilines is 1. The molecule has 0 saturated carbocycles. The Bertz CT molecular complexity index is 1010. The van der Waals surface area contributed by atoms with Crippen molar-refractivity contribution >= 4 is 35.0 Å². The molecule has 1 aromatic heterocycles. The van der Waals surface area contributed by atoms with Crippen molar-refractivity contribution in [2.45, 2.75) is 25.2 Å². The molecule has 10 heteroatoms. The number of halogens is 2. The Hall–Kier alpha value is -2.78. The molecule has 1 amide bonds. The maximum absolute atomic E-state index is 13.3. The van der Waals surface area contributed by atoms with Crippen LogP contribution < -0.4 is 14.8 Å². The molecular weight excluding hydrogens is 431 g/mol. The largest absolute Gasteiger partial charge is 0.497 e. The summed E-state index contributed by atoms with van der Waals surface area (Å²) in [6.07, 6.45) is 0. The SMILES string of the molecule is CCn1c(COc2ccc(F)c(Cl)c2)nnc1SCC(=O)Nc1ccc(OC)cc1. The number of methoxy groups -OCH3 is 1. The summed E-state index contributed by atoms with van der Waals surface area (Å²) in [6.45, 7) is 2.70. The normalized spacial score (nSPS) is 10.7. The van der Waals surface area contributed by atoms with Crippen molar-refractivity contribution in [1.82, 2.24) is 14.8 Å². The van der Waals surface area contributed by atoms with Crippen LogP contribution in [0.3, 0.4) is 0 Å². The fourth-order valence-electron chi connectivity index (χ4n) is 2.57. The lowest BCUT2D eigenvalue weighted by atomic mass is 10.3. The van der Waals surface area contributed by atoms with E-state index in [9.17, 15) is 9.18 Å². The van der Waals surface area contributed by atoms with Gasteiger partial charge >= 0.3 is 0 Å². The predicted molar refractivity (Wildman–Crippen MR) is 114 cm³/mol. The van der Waals surface area contributed by atoms with E-state index in [0.29, 0.717) is 29.0 Å². The Morgan fingerprint density at radius 3 is 2.60 bits per heavy atom. The molecule has 7 nitrogen and oxygen atoms in total. The molecule has 1 heterocycles. The van der Waals surface area contributed by atoms with E-state index >= 15 is 0 Å². The molecule has 0 aliphatic rings. The van der Waals surface area contributed by atoms with Crippen LogP contribution in [0, 0.1) is 5.82 Å². The Morgan fingerprint density at radius 1 is 1.20 bits per heavy atom. The number of ether oxygens (including phenoxy) is 2. The van der Waals surface area contributed by atoms with Crippen LogP contribution in [0.4, 0.5) is 10.1 Å². The summed E-state index contributed by atoms with van der Waals surface area (Å²) in [5, 5.41) is 11.7. The number of nitrogens with one attached hydrogen (secondary N) is 1. The van der Waals surface area contributed by atoms with Gasteiger partial charge in [0.2, 0.25) is 5.91 Å². The van der Waals surface area contributed by atoms with E-state index in [1.807, 2.05) is 11.5 Å². The summed E-state index contributed by atoms with van der Waals surface area (Å²) < 4.78 is 25.8. The number of benzene rings is 2. The highest BCUT2D eigenvalue weighted by Gasteiger charge is 2.14. The van der Waals surface area contributed by atoms with Crippen LogP contribution in [0.15, 0.2) is 47.6 Å². The Labute approximate surface area is 182 Å². The average Bonchev–Trinajstić information content (AvgIpc) is 3.15. The second-order valence-electron chi connectivity index (χ2n) is 6.07. The highest BCUT2D eigenvalue weighted by Crippen LogP contribution is 2.23. The van der Waals surface area contributed by atoms with Crippen LogP contribution in [0.2, 0.25) is 5.02 Å². The lowest BCUT2D eigenvalue weighted by Crippen LogP contribution is -2.14. The molecule has 0 unspecified atom stereocenters. The van der Waals surface area contributed by atoms with Gasteiger partial charge < -0.3 is 19.4 Å². The maximum atomic E-state index is 13.3. The summed E-state index contributed by atoms with van der Waals surface area (Å²) in [5.74, 6) is 1.26. The number of thioether (sulfide) groups is 1. The number of amides is 1. The molecule has 0 bridgehead atoms. The standard InChI is InChI=1S/C20H20ClFN4O3S/c1-3-26-18(11-29-15-8-9-17(22)16(21)10-15)24-25-20(26)30-12-19(27)23-13-4-6-14(28-2)7-5-13/h4-10H,3,11-12H2,1-2H3,(H,23,27). The molecule has 0 saturated heterocycles. The van der Waals surface area contributed by atoms with Crippen LogP contribution in [0.5, 0.6) is 11.5 Å². The lowest BCUT2D eigenvalue weighted by Gasteiger charge is -2.09. The zero-order valence-electron chi connectivity index (χ0n) is 16.4. The van der Waals surface area contributed by atoms with Gasteiger partial charge in [-0.25, -0.2) is 4.39 Å². The van der Waals surface area contributed by atoms with Gasteiger partial charge in [-0.2, -0.15) is 0 Å². The highest BCUT2D eigenvalue weighted by atomic mass is 35.5. The van der Waals surface area contributed by atoms with E-state index in [1.165, 1.54) is 30.0 Å². The van der Waals surface area contributed by atoms with Crippen LogP contribution >= 0.6 is 23.4 Å². The molecule has 158 valence electrons. The minimum Gasteiger partial charge on any atom is -0.497 e. The van der Waals surface area contributed by atoms with E-state index in [-0.39, 0.29) is 23.3 Å². The molecule has 0 aliphatic heterocycles. The van der Waals surface area contributed by atoms with Gasteiger partial charge in [-0.15, -0.1) is 10.2 Å². The van der Waals surface area contributed by atoms with Crippen molar-refractivity contribution in [1.29, 1.82) is 0 Å². The molecule has 0 spiro atoms. The first-order valence-electron chi connectivity index (χ1n) is 9.06. The average molecular weight is 451 g/mol. The second-order valence-corrected chi connectivity index (χ2v) is 7.42. The highest BCUT2D eigenvalue weighted by molar-refractivity contribution is 7.99. The van der Waals surface area contributed by atoms with Crippen LogP contribution in [-0.2, 0) is 17.9 Å². The first-order valence-corrected chi connectivity index (χ1v) is 10.4. The monoisotopic (exact) mass is 450 g/mol. The van der Waals surface area contributed by atoms with Crippen LogP contribution in [0.25, 0.3) is 0 Å². The molecule has 0 radical (unpaired) electrons. The van der Waals surface area contributed by atoms with Gasteiger partial charge in [-0.1, -0.05) is 23.4 Å².